The van der Waals surface area contributed by atoms with E-state index in [-0.39, 0.29) is 5.91 Å². The zero-order valence-electron chi connectivity index (χ0n) is 10.0. The van der Waals surface area contributed by atoms with Crippen LogP contribution in [0.5, 0.6) is 0 Å². The molecule has 4 N–H and O–H groups in total. The van der Waals surface area contributed by atoms with Crippen molar-refractivity contribution in [3.8, 4) is 0 Å². The molecule has 1 unspecified atom stereocenters. The number of nitrogens with two attached hydrogens (primary N) is 1. The molecule has 1 aliphatic heterocycles. The molecule has 1 spiro atoms. The van der Waals surface area contributed by atoms with Crippen molar-refractivity contribution >= 4 is 5.91 Å². The van der Waals surface area contributed by atoms with Gasteiger partial charge in [0.05, 0.1) is 11.3 Å². The van der Waals surface area contributed by atoms with Gasteiger partial charge in [-0.05, 0) is 31.6 Å². The van der Waals surface area contributed by atoms with E-state index >= 15 is 0 Å². The molecule has 5 heteroatoms. The Hall–Kier alpha value is -1.36. The summed E-state index contributed by atoms with van der Waals surface area (Å²) in [5.41, 5.74) is 8.19. The number of aromatic nitrogens is 2. The van der Waals surface area contributed by atoms with Gasteiger partial charge in [-0.3, -0.25) is 9.89 Å². The van der Waals surface area contributed by atoms with E-state index in [1.54, 1.807) is 0 Å². The summed E-state index contributed by atoms with van der Waals surface area (Å²) in [5.74, 6) is 0.0310. The molecule has 2 aliphatic rings. The molecule has 2 heterocycles. The number of rotatable bonds is 2. The fourth-order valence-electron chi connectivity index (χ4n) is 3.29. The van der Waals surface area contributed by atoms with Gasteiger partial charge in [-0.1, -0.05) is 0 Å². The number of primary amides is 1. The second-order valence-electron chi connectivity index (χ2n) is 5.52. The number of carbonyl (C=O) groups excluding carboxylic acids is 1. The number of hydrogen-bond acceptors (Lipinski definition) is 3. The summed E-state index contributed by atoms with van der Waals surface area (Å²) in [6.07, 6.45) is 3.48. The van der Waals surface area contributed by atoms with Crippen LogP contribution in [0.1, 0.15) is 46.9 Å². The minimum Gasteiger partial charge on any atom is -0.365 e. The molecule has 5 nitrogen and oxygen atoms in total. The zero-order valence-corrected chi connectivity index (χ0v) is 10.0. The Labute approximate surface area is 100 Å². The Bertz CT molecular complexity index is 461. The monoisotopic (exact) mass is 234 g/mol. The third-order valence-electron chi connectivity index (χ3n) is 4.31. The predicted octanol–water partition coefficient (Wildman–Crippen LogP) is 0.674. The fourth-order valence-corrected chi connectivity index (χ4v) is 3.29. The summed E-state index contributed by atoms with van der Waals surface area (Å²) in [6.45, 7) is 4.07. The third kappa shape index (κ3) is 1.57. The van der Waals surface area contributed by atoms with Gasteiger partial charge in [0, 0.05) is 24.7 Å². The molecule has 1 aromatic heterocycles. The Morgan fingerprint density at radius 1 is 1.53 bits per heavy atom. The molecule has 1 aromatic rings. The maximum atomic E-state index is 11.5. The highest BCUT2D eigenvalue weighted by Crippen LogP contribution is 2.49. The minimum atomic E-state index is -0.362. The average molecular weight is 234 g/mol. The van der Waals surface area contributed by atoms with Crippen LogP contribution >= 0.6 is 0 Å². The lowest BCUT2D eigenvalue weighted by Crippen LogP contribution is -2.51. The zero-order chi connectivity index (χ0) is 12.0. The number of amides is 1. The molecule has 1 amide bonds. The van der Waals surface area contributed by atoms with Gasteiger partial charge in [-0.25, -0.2) is 0 Å². The highest BCUT2D eigenvalue weighted by Gasteiger charge is 2.45. The van der Waals surface area contributed by atoms with Crippen LogP contribution in [-0.4, -0.2) is 29.2 Å². The molecule has 17 heavy (non-hydrogen) atoms. The van der Waals surface area contributed by atoms with Crippen molar-refractivity contribution in [2.24, 2.45) is 11.1 Å². The number of nitrogens with one attached hydrogen (secondary N) is 2. The first-order valence-electron chi connectivity index (χ1n) is 6.17. The van der Waals surface area contributed by atoms with E-state index in [1.807, 2.05) is 6.92 Å². The molecule has 0 bridgehead atoms. The van der Waals surface area contributed by atoms with E-state index in [0.717, 1.165) is 37.3 Å². The highest BCUT2D eigenvalue weighted by atomic mass is 16.1. The van der Waals surface area contributed by atoms with E-state index < -0.39 is 0 Å². The van der Waals surface area contributed by atoms with Crippen LogP contribution in [0.3, 0.4) is 0 Å². The van der Waals surface area contributed by atoms with Crippen molar-refractivity contribution < 1.29 is 4.79 Å². The summed E-state index contributed by atoms with van der Waals surface area (Å²) >= 11 is 0. The van der Waals surface area contributed by atoms with Gasteiger partial charge in [0.1, 0.15) is 0 Å². The number of aryl methyl sites for hydroxylation is 1. The van der Waals surface area contributed by atoms with Crippen molar-refractivity contribution in [2.45, 2.75) is 32.1 Å². The molecular formula is C12H18N4O. The normalized spacial score (nSPS) is 26.1. The molecule has 1 atom stereocenters. The van der Waals surface area contributed by atoms with Crippen LogP contribution in [0.15, 0.2) is 0 Å². The van der Waals surface area contributed by atoms with Crippen molar-refractivity contribution in [1.82, 2.24) is 15.5 Å². The van der Waals surface area contributed by atoms with Gasteiger partial charge in [0.2, 0.25) is 0 Å². The Balaban J connectivity index is 1.88. The first-order chi connectivity index (χ1) is 8.11. The largest absolute Gasteiger partial charge is 0.365 e. The lowest BCUT2D eigenvalue weighted by atomic mass is 9.79. The predicted molar refractivity (Wildman–Crippen MR) is 63.7 cm³/mol. The van der Waals surface area contributed by atoms with Gasteiger partial charge in [0.15, 0.2) is 0 Å². The van der Waals surface area contributed by atoms with Crippen LogP contribution in [0.2, 0.25) is 0 Å². The van der Waals surface area contributed by atoms with Crippen LogP contribution in [0, 0.1) is 12.3 Å². The van der Waals surface area contributed by atoms with Crippen molar-refractivity contribution in [2.75, 3.05) is 13.1 Å². The van der Waals surface area contributed by atoms with Gasteiger partial charge < -0.3 is 11.1 Å². The molecule has 1 saturated carbocycles. The maximum Gasteiger partial charge on any atom is 0.252 e. The second kappa shape index (κ2) is 3.57. The van der Waals surface area contributed by atoms with E-state index in [2.05, 4.69) is 15.5 Å². The lowest BCUT2D eigenvalue weighted by molar-refractivity contribution is 0.0998. The van der Waals surface area contributed by atoms with Crippen molar-refractivity contribution in [1.29, 1.82) is 0 Å². The number of carbonyl (C=O) groups is 1. The summed E-state index contributed by atoms with van der Waals surface area (Å²) in [7, 11) is 0. The number of nitrogens with zero attached hydrogens (tertiary/aromatic N) is 1. The van der Waals surface area contributed by atoms with Crippen LogP contribution in [-0.2, 0) is 0 Å². The number of hydrogen-bond donors (Lipinski definition) is 3. The summed E-state index contributed by atoms with van der Waals surface area (Å²) in [4.78, 5) is 11.5. The lowest BCUT2D eigenvalue weighted by Gasteiger charge is -2.39. The Morgan fingerprint density at radius 3 is 2.82 bits per heavy atom. The smallest absolute Gasteiger partial charge is 0.252 e. The average Bonchev–Trinajstić information content (AvgIpc) is 2.79. The van der Waals surface area contributed by atoms with Crippen LogP contribution < -0.4 is 11.1 Å². The summed E-state index contributed by atoms with van der Waals surface area (Å²) in [6, 6.07) is 0. The molecule has 3 rings (SSSR count). The summed E-state index contributed by atoms with van der Waals surface area (Å²) in [5, 5.41) is 10.5. The Morgan fingerprint density at radius 2 is 2.29 bits per heavy atom. The van der Waals surface area contributed by atoms with Gasteiger partial charge in [-0.15, -0.1) is 0 Å². The van der Waals surface area contributed by atoms with E-state index in [9.17, 15) is 4.79 Å². The molecule has 2 fully saturated rings. The SMILES string of the molecule is Cc1[nH]nc(C2CCC3(CNC3)C2)c1C(N)=O. The number of H-pyrrole nitrogens is 1. The first-order valence-corrected chi connectivity index (χ1v) is 6.17. The molecular weight excluding hydrogens is 216 g/mol. The van der Waals surface area contributed by atoms with E-state index in [0.29, 0.717) is 16.9 Å². The molecule has 1 saturated heterocycles. The van der Waals surface area contributed by atoms with Gasteiger partial charge >= 0.3 is 0 Å². The third-order valence-corrected chi connectivity index (χ3v) is 4.31. The molecule has 0 aromatic carbocycles. The molecule has 1 aliphatic carbocycles. The van der Waals surface area contributed by atoms with Gasteiger partial charge in [0.25, 0.3) is 5.91 Å². The quantitative estimate of drug-likeness (QED) is 0.703. The molecule has 0 radical (unpaired) electrons. The topological polar surface area (TPSA) is 83.8 Å². The van der Waals surface area contributed by atoms with Crippen molar-refractivity contribution in [3.05, 3.63) is 17.0 Å². The summed E-state index contributed by atoms with van der Waals surface area (Å²) < 4.78 is 0. The minimum absolute atomic E-state index is 0.362. The van der Waals surface area contributed by atoms with Crippen molar-refractivity contribution in [3.63, 3.8) is 0 Å². The highest BCUT2D eigenvalue weighted by molar-refractivity contribution is 5.95. The number of aromatic amines is 1. The van der Waals surface area contributed by atoms with Gasteiger partial charge in [-0.2, -0.15) is 5.10 Å². The first kappa shape index (κ1) is 10.8. The van der Waals surface area contributed by atoms with Crippen LogP contribution in [0.25, 0.3) is 0 Å². The van der Waals surface area contributed by atoms with E-state index in [4.69, 9.17) is 5.73 Å². The van der Waals surface area contributed by atoms with E-state index in [1.165, 1.54) is 6.42 Å². The molecule has 92 valence electrons. The maximum absolute atomic E-state index is 11.5. The van der Waals surface area contributed by atoms with Crippen LogP contribution in [0.4, 0.5) is 0 Å². The standard InChI is InChI=1S/C12H18N4O/c1-7-9(11(13)17)10(16-15-7)8-2-3-12(4-8)5-14-6-12/h8,14H,2-6H2,1H3,(H2,13,17)(H,15,16). The fraction of sp³-hybridized carbons (Fsp3) is 0.667. The Kier molecular flexibility index (Phi) is 2.26. The second-order valence-corrected chi connectivity index (χ2v) is 5.52.